The first-order valence-electron chi connectivity index (χ1n) is 6.53. The summed E-state index contributed by atoms with van der Waals surface area (Å²) in [6, 6.07) is 0.531. The van der Waals surface area contributed by atoms with Gasteiger partial charge in [0.1, 0.15) is 0 Å². The van der Waals surface area contributed by atoms with E-state index in [4.69, 9.17) is 5.11 Å². The van der Waals surface area contributed by atoms with Crippen molar-refractivity contribution in [3.63, 3.8) is 0 Å². The fourth-order valence-electron chi connectivity index (χ4n) is 3.58. The second-order valence-electron chi connectivity index (χ2n) is 5.83. The molecule has 2 unspecified atom stereocenters. The number of hydrogen-bond acceptors (Lipinski definition) is 2. The molecule has 0 aliphatic carbocycles. The monoisotopic (exact) mass is 225 g/mol. The second-order valence-corrected chi connectivity index (χ2v) is 5.83. The Morgan fingerprint density at radius 1 is 1.38 bits per heavy atom. The van der Waals surface area contributed by atoms with Crippen LogP contribution in [0.3, 0.4) is 0 Å². The SMILES string of the molecule is CC(C)CC1C(CC(=O)O)C2CCN1CC2. The van der Waals surface area contributed by atoms with E-state index in [0.717, 1.165) is 6.42 Å². The van der Waals surface area contributed by atoms with E-state index in [1.807, 2.05) is 0 Å². The Bertz CT molecular complexity index is 257. The highest BCUT2D eigenvalue weighted by Crippen LogP contribution is 2.41. The van der Waals surface area contributed by atoms with E-state index in [0.29, 0.717) is 30.2 Å². The Hall–Kier alpha value is -0.570. The molecule has 0 aromatic heterocycles. The third-order valence-corrected chi connectivity index (χ3v) is 4.27. The van der Waals surface area contributed by atoms with Gasteiger partial charge in [-0.1, -0.05) is 13.8 Å². The van der Waals surface area contributed by atoms with E-state index in [2.05, 4.69) is 18.7 Å². The summed E-state index contributed by atoms with van der Waals surface area (Å²) in [7, 11) is 0. The lowest BCUT2D eigenvalue weighted by Gasteiger charge is -2.51. The van der Waals surface area contributed by atoms with Crippen LogP contribution in [0.4, 0.5) is 0 Å². The van der Waals surface area contributed by atoms with Gasteiger partial charge in [0, 0.05) is 12.5 Å². The van der Waals surface area contributed by atoms with Gasteiger partial charge >= 0.3 is 5.97 Å². The van der Waals surface area contributed by atoms with Crippen molar-refractivity contribution in [3.05, 3.63) is 0 Å². The average Bonchev–Trinajstić information content (AvgIpc) is 2.22. The van der Waals surface area contributed by atoms with Gasteiger partial charge in [-0.3, -0.25) is 4.79 Å². The van der Waals surface area contributed by atoms with Gasteiger partial charge in [-0.2, -0.15) is 0 Å². The molecule has 92 valence electrons. The minimum atomic E-state index is -0.618. The molecule has 0 amide bonds. The van der Waals surface area contributed by atoms with Gasteiger partial charge < -0.3 is 10.0 Å². The Balaban J connectivity index is 2.07. The second kappa shape index (κ2) is 4.74. The van der Waals surface area contributed by atoms with Gasteiger partial charge in [0.2, 0.25) is 0 Å². The fraction of sp³-hybridized carbons (Fsp3) is 0.923. The van der Waals surface area contributed by atoms with Crippen LogP contribution in [0.25, 0.3) is 0 Å². The lowest BCUT2D eigenvalue weighted by molar-refractivity contribution is -0.141. The van der Waals surface area contributed by atoms with Gasteiger partial charge in [-0.25, -0.2) is 0 Å². The lowest BCUT2D eigenvalue weighted by atomic mass is 9.70. The van der Waals surface area contributed by atoms with Crippen molar-refractivity contribution in [1.29, 1.82) is 0 Å². The van der Waals surface area contributed by atoms with Crippen LogP contribution in [0.5, 0.6) is 0 Å². The fourth-order valence-corrected chi connectivity index (χ4v) is 3.58. The van der Waals surface area contributed by atoms with E-state index in [-0.39, 0.29) is 0 Å². The summed E-state index contributed by atoms with van der Waals surface area (Å²) in [6.07, 6.45) is 3.96. The highest BCUT2D eigenvalue weighted by Gasteiger charge is 2.42. The zero-order valence-electron chi connectivity index (χ0n) is 10.4. The van der Waals surface area contributed by atoms with Crippen LogP contribution in [0.1, 0.15) is 39.5 Å². The zero-order valence-corrected chi connectivity index (χ0v) is 10.4. The van der Waals surface area contributed by atoms with E-state index in [1.165, 1.54) is 25.9 Å². The molecule has 3 nitrogen and oxygen atoms in total. The van der Waals surface area contributed by atoms with Crippen LogP contribution < -0.4 is 0 Å². The molecule has 2 bridgehead atoms. The predicted molar refractivity (Wildman–Crippen MR) is 63.3 cm³/mol. The molecule has 0 radical (unpaired) electrons. The molecule has 0 aromatic rings. The van der Waals surface area contributed by atoms with Crippen molar-refractivity contribution >= 4 is 5.97 Å². The number of aliphatic carboxylic acids is 1. The average molecular weight is 225 g/mol. The van der Waals surface area contributed by atoms with Gasteiger partial charge in [0.25, 0.3) is 0 Å². The highest BCUT2D eigenvalue weighted by molar-refractivity contribution is 5.67. The molecule has 3 aliphatic heterocycles. The quantitative estimate of drug-likeness (QED) is 0.797. The number of fused-ring (bicyclic) bond motifs is 3. The van der Waals surface area contributed by atoms with Crippen molar-refractivity contribution in [2.75, 3.05) is 13.1 Å². The van der Waals surface area contributed by atoms with E-state index in [9.17, 15) is 4.79 Å². The van der Waals surface area contributed by atoms with Gasteiger partial charge in [0.15, 0.2) is 0 Å². The van der Waals surface area contributed by atoms with Crippen molar-refractivity contribution in [2.45, 2.75) is 45.6 Å². The standard InChI is InChI=1S/C13H23NO2/c1-9(2)7-12-11(8-13(15)16)10-3-5-14(12)6-4-10/h9-12H,3-8H2,1-2H3,(H,15,16). The van der Waals surface area contributed by atoms with Gasteiger partial charge in [0.05, 0.1) is 0 Å². The first kappa shape index (κ1) is 11.9. The van der Waals surface area contributed by atoms with Crippen molar-refractivity contribution in [3.8, 4) is 0 Å². The summed E-state index contributed by atoms with van der Waals surface area (Å²) in [4.78, 5) is 13.5. The van der Waals surface area contributed by atoms with Crippen LogP contribution in [0.2, 0.25) is 0 Å². The molecule has 3 fully saturated rings. The number of piperidine rings is 3. The third kappa shape index (κ3) is 2.40. The van der Waals surface area contributed by atoms with Crippen LogP contribution in [-0.2, 0) is 4.79 Å². The summed E-state index contributed by atoms with van der Waals surface area (Å²) >= 11 is 0. The Morgan fingerprint density at radius 2 is 2.00 bits per heavy atom. The van der Waals surface area contributed by atoms with E-state index in [1.54, 1.807) is 0 Å². The summed E-state index contributed by atoms with van der Waals surface area (Å²) in [6.45, 7) is 6.86. The molecule has 16 heavy (non-hydrogen) atoms. The van der Waals surface area contributed by atoms with E-state index >= 15 is 0 Å². The molecule has 3 saturated heterocycles. The maximum absolute atomic E-state index is 11.0. The molecule has 3 heteroatoms. The molecule has 0 saturated carbocycles. The molecule has 2 atom stereocenters. The van der Waals surface area contributed by atoms with Crippen LogP contribution in [0, 0.1) is 17.8 Å². The largest absolute Gasteiger partial charge is 0.481 e. The highest BCUT2D eigenvalue weighted by atomic mass is 16.4. The van der Waals surface area contributed by atoms with Crippen LogP contribution in [0.15, 0.2) is 0 Å². The van der Waals surface area contributed by atoms with Gasteiger partial charge in [-0.05, 0) is 50.1 Å². The van der Waals surface area contributed by atoms with Crippen molar-refractivity contribution < 1.29 is 9.90 Å². The Morgan fingerprint density at radius 3 is 2.50 bits per heavy atom. The molecule has 3 aliphatic rings. The van der Waals surface area contributed by atoms with Crippen molar-refractivity contribution in [2.24, 2.45) is 17.8 Å². The number of carbonyl (C=O) groups is 1. The normalized spacial score (nSPS) is 37.9. The van der Waals surface area contributed by atoms with Crippen molar-refractivity contribution in [1.82, 2.24) is 4.90 Å². The molecule has 3 heterocycles. The maximum atomic E-state index is 11.0. The molecule has 0 aromatic carbocycles. The number of carboxylic acid groups (broad SMARTS) is 1. The van der Waals surface area contributed by atoms with Crippen LogP contribution >= 0.6 is 0 Å². The van der Waals surface area contributed by atoms with Gasteiger partial charge in [-0.15, -0.1) is 0 Å². The van der Waals surface area contributed by atoms with E-state index < -0.39 is 5.97 Å². The zero-order chi connectivity index (χ0) is 11.7. The lowest BCUT2D eigenvalue weighted by Crippen LogP contribution is -2.55. The molecular weight excluding hydrogens is 202 g/mol. The summed E-state index contributed by atoms with van der Waals surface area (Å²) < 4.78 is 0. The smallest absolute Gasteiger partial charge is 0.303 e. The number of nitrogens with zero attached hydrogens (tertiary/aromatic N) is 1. The first-order chi connectivity index (χ1) is 7.58. The summed E-state index contributed by atoms with van der Waals surface area (Å²) in [5, 5.41) is 9.03. The van der Waals surface area contributed by atoms with Crippen LogP contribution in [-0.4, -0.2) is 35.1 Å². The third-order valence-electron chi connectivity index (χ3n) is 4.27. The molecular formula is C13H23NO2. The number of hydrogen-bond donors (Lipinski definition) is 1. The number of carboxylic acids is 1. The topological polar surface area (TPSA) is 40.5 Å². The molecule has 0 spiro atoms. The molecule has 1 N–H and O–H groups in total. The molecule has 3 rings (SSSR count). The summed E-state index contributed by atoms with van der Waals surface area (Å²) in [5.74, 6) is 1.13. The maximum Gasteiger partial charge on any atom is 0.303 e. The number of rotatable bonds is 4. The summed E-state index contributed by atoms with van der Waals surface area (Å²) in [5.41, 5.74) is 0. The Labute approximate surface area is 97.8 Å². The predicted octanol–water partition coefficient (Wildman–Crippen LogP) is 2.22. The Kier molecular flexibility index (Phi) is 3.53. The first-order valence-corrected chi connectivity index (χ1v) is 6.53. The minimum absolute atomic E-state index is 0.374. The minimum Gasteiger partial charge on any atom is -0.481 e.